The molecular formula is C18H23N3O5S2. The van der Waals surface area contributed by atoms with Crippen molar-refractivity contribution in [1.29, 1.82) is 0 Å². The number of nitro groups is 1. The molecule has 0 aromatic heterocycles. The second-order valence-corrected chi connectivity index (χ2v) is 8.30. The predicted molar refractivity (Wildman–Crippen MR) is 112 cm³/mol. The molecule has 0 spiro atoms. The van der Waals surface area contributed by atoms with Gasteiger partial charge in [-0.05, 0) is 31.2 Å². The molecule has 0 bridgehead atoms. The summed E-state index contributed by atoms with van der Waals surface area (Å²) in [5.41, 5.74) is 0.849. The Morgan fingerprint density at radius 3 is 2.71 bits per heavy atom. The van der Waals surface area contributed by atoms with Gasteiger partial charge in [0.25, 0.3) is 11.6 Å². The Bertz CT molecular complexity index is 764. The quantitative estimate of drug-likeness (QED) is 0.321. The van der Waals surface area contributed by atoms with Crippen LogP contribution in [0.1, 0.15) is 25.3 Å². The summed E-state index contributed by atoms with van der Waals surface area (Å²) in [4.78, 5) is 36.2. The molecule has 8 nitrogen and oxygen atoms in total. The zero-order chi connectivity index (χ0) is 20.7. The minimum Gasteiger partial charge on any atom is -0.455 e. The van der Waals surface area contributed by atoms with Gasteiger partial charge in [-0.25, -0.2) is 0 Å². The summed E-state index contributed by atoms with van der Waals surface area (Å²) >= 11 is 6.58. The maximum Gasteiger partial charge on any atom is 0.316 e. The lowest BCUT2D eigenvalue weighted by molar-refractivity contribution is -0.384. The van der Waals surface area contributed by atoms with E-state index in [-0.39, 0.29) is 11.4 Å². The molecule has 1 aliphatic heterocycles. The molecule has 0 radical (unpaired) electrons. The summed E-state index contributed by atoms with van der Waals surface area (Å²) in [6.45, 7) is 5.25. The second-order valence-electron chi connectivity index (χ2n) is 6.69. The molecule has 1 saturated heterocycles. The lowest BCUT2D eigenvalue weighted by Gasteiger charge is -2.31. The number of nitro benzene ring substituents is 1. The number of thioether (sulfide) groups is 1. The first-order valence-electron chi connectivity index (χ1n) is 8.88. The van der Waals surface area contributed by atoms with Crippen molar-refractivity contribution in [1.82, 2.24) is 4.90 Å². The number of hydrogen-bond acceptors (Lipinski definition) is 7. The molecule has 1 N–H and O–H groups in total. The van der Waals surface area contributed by atoms with Gasteiger partial charge in [-0.1, -0.05) is 37.0 Å². The highest BCUT2D eigenvalue weighted by atomic mass is 32.2. The number of rotatable bonds is 6. The summed E-state index contributed by atoms with van der Waals surface area (Å²) in [6, 6.07) is 4.16. The third-order valence-corrected chi connectivity index (χ3v) is 5.92. The van der Waals surface area contributed by atoms with E-state index in [1.54, 1.807) is 13.0 Å². The van der Waals surface area contributed by atoms with Crippen molar-refractivity contribution in [3.8, 4) is 0 Å². The second kappa shape index (κ2) is 10.4. The van der Waals surface area contributed by atoms with Crippen LogP contribution in [0.15, 0.2) is 18.2 Å². The van der Waals surface area contributed by atoms with Crippen molar-refractivity contribution in [2.45, 2.75) is 26.7 Å². The minimum atomic E-state index is -0.561. The molecule has 152 valence electrons. The average Bonchev–Trinajstić information content (AvgIpc) is 2.66. The van der Waals surface area contributed by atoms with Gasteiger partial charge >= 0.3 is 5.97 Å². The summed E-state index contributed by atoms with van der Waals surface area (Å²) in [7, 11) is 0. The van der Waals surface area contributed by atoms with Crippen LogP contribution in [0.4, 0.5) is 11.4 Å². The Morgan fingerprint density at radius 2 is 2.07 bits per heavy atom. The number of nitrogens with one attached hydrogen (secondary N) is 1. The predicted octanol–water partition coefficient (Wildman–Crippen LogP) is 3.13. The number of thiocarbonyl (C=S) groups is 1. The lowest BCUT2D eigenvalue weighted by Crippen LogP contribution is -2.36. The number of aryl methyl sites for hydroxylation is 1. The van der Waals surface area contributed by atoms with Crippen LogP contribution in [-0.2, 0) is 14.3 Å². The van der Waals surface area contributed by atoms with Crippen LogP contribution in [0.25, 0.3) is 0 Å². The molecule has 1 aromatic rings. The van der Waals surface area contributed by atoms with Crippen LogP contribution in [0, 0.1) is 23.0 Å². The van der Waals surface area contributed by atoms with E-state index in [1.807, 2.05) is 0 Å². The molecule has 0 unspecified atom stereocenters. The van der Waals surface area contributed by atoms with Gasteiger partial charge in [0.15, 0.2) is 6.61 Å². The van der Waals surface area contributed by atoms with Crippen molar-refractivity contribution < 1.29 is 19.2 Å². The fourth-order valence-electron chi connectivity index (χ4n) is 2.64. The molecular weight excluding hydrogens is 402 g/mol. The van der Waals surface area contributed by atoms with Gasteiger partial charge in [0.1, 0.15) is 4.32 Å². The van der Waals surface area contributed by atoms with Crippen LogP contribution in [-0.4, -0.2) is 51.5 Å². The lowest BCUT2D eigenvalue weighted by atomic mass is 10.00. The number of amides is 1. The molecule has 1 heterocycles. The first kappa shape index (κ1) is 22.1. The Labute approximate surface area is 173 Å². The van der Waals surface area contributed by atoms with Gasteiger partial charge in [-0.3, -0.25) is 19.7 Å². The largest absolute Gasteiger partial charge is 0.455 e. The van der Waals surface area contributed by atoms with Gasteiger partial charge in [0.2, 0.25) is 0 Å². The van der Waals surface area contributed by atoms with Crippen molar-refractivity contribution in [2.75, 3.05) is 30.8 Å². The number of hydrogen-bond donors (Lipinski definition) is 1. The van der Waals surface area contributed by atoms with E-state index in [0.29, 0.717) is 21.5 Å². The summed E-state index contributed by atoms with van der Waals surface area (Å²) in [6.07, 6.45) is 2.17. The molecule has 2 rings (SSSR count). The van der Waals surface area contributed by atoms with Crippen molar-refractivity contribution in [3.05, 3.63) is 33.9 Å². The smallest absolute Gasteiger partial charge is 0.316 e. The van der Waals surface area contributed by atoms with Gasteiger partial charge in [-0.15, -0.1) is 0 Å². The van der Waals surface area contributed by atoms with Gasteiger partial charge in [-0.2, -0.15) is 0 Å². The Morgan fingerprint density at radius 1 is 1.39 bits per heavy atom. The van der Waals surface area contributed by atoms with E-state index >= 15 is 0 Å². The Hall–Kier alpha value is -2.20. The summed E-state index contributed by atoms with van der Waals surface area (Å²) in [5, 5.41) is 13.3. The number of piperidine rings is 1. The maximum atomic E-state index is 12.0. The third-order valence-electron chi connectivity index (χ3n) is 4.43. The van der Waals surface area contributed by atoms with Crippen LogP contribution < -0.4 is 5.32 Å². The fourth-order valence-corrected chi connectivity index (χ4v) is 3.68. The van der Waals surface area contributed by atoms with E-state index < -0.39 is 23.4 Å². The van der Waals surface area contributed by atoms with Crippen molar-refractivity contribution in [3.63, 3.8) is 0 Å². The Balaban J connectivity index is 1.74. The zero-order valence-electron chi connectivity index (χ0n) is 15.8. The number of esters is 1. The zero-order valence-corrected chi connectivity index (χ0v) is 17.4. The summed E-state index contributed by atoms with van der Waals surface area (Å²) < 4.78 is 5.63. The van der Waals surface area contributed by atoms with E-state index in [2.05, 4.69) is 17.1 Å². The number of ether oxygens (including phenoxy) is 1. The number of carbonyl (C=O) groups is 2. The van der Waals surface area contributed by atoms with Crippen LogP contribution >= 0.6 is 24.0 Å². The highest BCUT2D eigenvalue weighted by Crippen LogP contribution is 2.22. The topological polar surface area (TPSA) is 102 Å². The van der Waals surface area contributed by atoms with Gasteiger partial charge in [0.05, 0.1) is 16.4 Å². The number of nitrogens with zero attached hydrogens (tertiary/aromatic N) is 2. The molecule has 1 fully saturated rings. The van der Waals surface area contributed by atoms with Crippen molar-refractivity contribution >= 4 is 51.6 Å². The van der Waals surface area contributed by atoms with E-state index in [9.17, 15) is 19.7 Å². The standard InChI is InChI=1S/C18H23N3O5S2/c1-12-5-7-20(8-6-12)18(27)28-11-17(23)26-10-16(22)19-15-9-14(21(24)25)4-3-13(15)2/h3-4,9,12H,5-8,10-11H2,1-2H3,(H,19,22). The molecule has 1 aromatic carbocycles. The number of benzene rings is 1. The normalized spacial score (nSPS) is 14.4. The summed E-state index contributed by atoms with van der Waals surface area (Å²) in [5.74, 6) is -0.367. The van der Waals surface area contributed by atoms with E-state index in [1.165, 1.54) is 23.9 Å². The fraction of sp³-hybridized carbons (Fsp3) is 0.500. The van der Waals surface area contributed by atoms with Gasteiger partial charge in [0, 0.05) is 25.2 Å². The molecule has 0 saturated carbocycles. The monoisotopic (exact) mass is 425 g/mol. The SMILES string of the molecule is Cc1ccc([N+](=O)[O-])cc1NC(=O)COC(=O)CSC(=S)N1CCC(C)CC1. The Kier molecular flexibility index (Phi) is 8.18. The first-order chi connectivity index (χ1) is 13.3. The van der Waals surface area contributed by atoms with Gasteiger partial charge < -0.3 is 15.0 Å². The maximum absolute atomic E-state index is 12.0. The number of anilines is 1. The van der Waals surface area contributed by atoms with Crippen LogP contribution in [0.2, 0.25) is 0 Å². The molecule has 1 aliphatic rings. The van der Waals surface area contributed by atoms with Crippen LogP contribution in [0.5, 0.6) is 0 Å². The third kappa shape index (κ3) is 6.75. The minimum absolute atomic E-state index is 0.0357. The van der Waals surface area contributed by atoms with E-state index in [4.69, 9.17) is 17.0 Å². The highest BCUT2D eigenvalue weighted by molar-refractivity contribution is 8.23. The molecule has 0 atom stereocenters. The molecule has 0 aliphatic carbocycles. The van der Waals surface area contributed by atoms with E-state index in [0.717, 1.165) is 25.9 Å². The number of likely N-dealkylation sites (tertiary alicyclic amines) is 1. The van der Waals surface area contributed by atoms with Crippen molar-refractivity contribution in [2.24, 2.45) is 5.92 Å². The molecule has 28 heavy (non-hydrogen) atoms. The van der Waals surface area contributed by atoms with Crippen LogP contribution in [0.3, 0.4) is 0 Å². The number of carbonyl (C=O) groups excluding carboxylic acids is 2. The molecule has 10 heteroatoms. The molecule has 1 amide bonds. The highest BCUT2D eigenvalue weighted by Gasteiger charge is 2.19. The first-order valence-corrected chi connectivity index (χ1v) is 10.3. The number of non-ortho nitro benzene ring substituents is 1. The average molecular weight is 426 g/mol.